The number of imidazole rings is 1. The Morgan fingerprint density at radius 1 is 1.08 bits per heavy atom. The van der Waals surface area contributed by atoms with Crippen LogP contribution in [0, 0.1) is 11.3 Å². The number of furan rings is 1. The van der Waals surface area contributed by atoms with E-state index in [1.165, 1.54) is 0 Å². The van der Waals surface area contributed by atoms with E-state index in [1.54, 1.807) is 12.1 Å². The number of hydrogen-bond acceptors (Lipinski definition) is 3. The molecule has 0 aliphatic carbocycles. The molecule has 0 fully saturated rings. The summed E-state index contributed by atoms with van der Waals surface area (Å²) in [5.74, 6) is 1.73. The Morgan fingerprint density at radius 2 is 1.88 bits per heavy atom. The van der Waals surface area contributed by atoms with Gasteiger partial charge in [0.2, 0.25) is 0 Å². The van der Waals surface area contributed by atoms with Crippen LogP contribution in [-0.2, 0) is 0 Å². The summed E-state index contributed by atoms with van der Waals surface area (Å²) in [6.45, 7) is 0. The van der Waals surface area contributed by atoms with Crippen LogP contribution >= 0.6 is 11.6 Å². The second-order valence-corrected chi connectivity index (χ2v) is 5.86. The Balaban J connectivity index is 1.72. The average Bonchev–Trinajstić information content (AvgIpc) is 3.26. The minimum Gasteiger partial charge on any atom is -0.457 e. The summed E-state index contributed by atoms with van der Waals surface area (Å²) >= 11 is 6.20. The van der Waals surface area contributed by atoms with Crippen molar-refractivity contribution < 1.29 is 4.42 Å². The Kier molecular flexibility index (Phi) is 3.85. The Morgan fingerprint density at radius 3 is 2.68 bits per heavy atom. The Labute approximate surface area is 149 Å². The summed E-state index contributed by atoms with van der Waals surface area (Å²) in [6, 6.07) is 20.9. The zero-order chi connectivity index (χ0) is 17.2. The van der Waals surface area contributed by atoms with Crippen LogP contribution in [0.15, 0.2) is 65.1 Å². The van der Waals surface area contributed by atoms with Gasteiger partial charge in [0.05, 0.1) is 21.6 Å². The molecule has 0 bridgehead atoms. The fourth-order valence-electron chi connectivity index (χ4n) is 2.61. The van der Waals surface area contributed by atoms with Crippen LogP contribution in [0.4, 0.5) is 0 Å². The van der Waals surface area contributed by atoms with E-state index in [9.17, 15) is 5.26 Å². The minimum atomic E-state index is 0.399. The third-order valence-electron chi connectivity index (χ3n) is 3.82. The summed E-state index contributed by atoms with van der Waals surface area (Å²) in [5.41, 5.74) is 2.91. The van der Waals surface area contributed by atoms with Crippen LogP contribution in [0.5, 0.6) is 0 Å². The van der Waals surface area contributed by atoms with Gasteiger partial charge in [0, 0.05) is 11.6 Å². The number of H-pyrrole nitrogens is 1. The highest BCUT2D eigenvalue weighted by Crippen LogP contribution is 2.30. The van der Waals surface area contributed by atoms with E-state index < -0.39 is 0 Å². The molecule has 0 spiro atoms. The molecule has 4 aromatic rings. The summed E-state index contributed by atoms with van der Waals surface area (Å²) in [5, 5.41) is 10.1. The zero-order valence-electron chi connectivity index (χ0n) is 13.0. The number of para-hydroxylation sites is 2. The molecule has 2 heterocycles. The van der Waals surface area contributed by atoms with Crippen molar-refractivity contribution in [1.82, 2.24) is 9.97 Å². The monoisotopic (exact) mass is 345 g/mol. The van der Waals surface area contributed by atoms with Gasteiger partial charge in [0.1, 0.15) is 23.4 Å². The van der Waals surface area contributed by atoms with Gasteiger partial charge in [0.15, 0.2) is 0 Å². The lowest BCUT2D eigenvalue weighted by Gasteiger charge is -1.99. The third kappa shape index (κ3) is 2.93. The Bertz CT molecular complexity index is 1100. The Hall–Kier alpha value is -3.29. The highest BCUT2D eigenvalue weighted by molar-refractivity contribution is 6.33. The van der Waals surface area contributed by atoms with Gasteiger partial charge in [-0.15, -0.1) is 0 Å². The van der Waals surface area contributed by atoms with Gasteiger partial charge >= 0.3 is 0 Å². The molecule has 0 saturated heterocycles. The fourth-order valence-corrected chi connectivity index (χ4v) is 2.84. The zero-order valence-corrected chi connectivity index (χ0v) is 13.8. The number of rotatable bonds is 3. The number of fused-ring (bicyclic) bond motifs is 1. The molecule has 0 amide bonds. The van der Waals surface area contributed by atoms with E-state index in [4.69, 9.17) is 16.0 Å². The lowest BCUT2D eigenvalue weighted by Crippen LogP contribution is -1.84. The number of nitriles is 1. The molecular weight excluding hydrogens is 334 g/mol. The second kappa shape index (κ2) is 6.31. The van der Waals surface area contributed by atoms with Crippen molar-refractivity contribution in [2.45, 2.75) is 0 Å². The standard InChI is InChI=1S/C20H12ClN3O/c21-16-6-2-1-5-15(16)19-10-9-14(25-19)11-13(12-22)20-23-17-7-3-4-8-18(17)24-20/h1-11H,(H,23,24). The predicted octanol–water partition coefficient (Wildman–Crippen LogP) is 5.54. The van der Waals surface area contributed by atoms with Crippen molar-refractivity contribution in [2.24, 2.45) is 0 Å². The smallest absolute Gasteiger partial charge is 0.149 e. The first-order valence-electron chi connectivity index (χ1n) is 7.66. The largest absolute Gasteiger partial charge is 0.457 e. The molecule has 1 N–H and O–H groups in total. The SMILES string of the molecule is N#CC(=Cc1ccc(-c2ccccc2Cl)o1)c1nc2ccccc2[nH]1. The molecule has 2 aromatic heterocycles. The number of benzene rings is 2. The molecule has 0 unspecified atom stereocenters. The summed E-state index contributed by atoms with van der Waals surface area (Å²) in [6.07, 6.45) is 1.66. The molecule has 0 atom stereocenters. The van der Waals surface area contributed by atoms with Crippen LogP contribution in [0.2, 0.25) is 5.02 Å². The van der Waals surface area contributed by atoms with Crippen LogP contribution in [0.3, 0.4) is 0 Å². The van der Waals surface area contributed by atoms with Crippen LogP contribution in [0.1, 0.15) is 11.6 Å². The predicted molar refractivity (Wildman–Crippen MR) is 98.7 cm³/mol. The van der Waals surface area contributed by atoms with E-state index in [0.717, 1.165) is 16.6 Å². The lowest BCUT2D eigenvalue weighted by atomic mass is 10.2. The van der Waals surface area contributed by atoms with Crippen molar-refractivity contribution in [1.29, 1.82) is 5.26 Å². The highest BCUT2D eigenvalue weighted by Gasteiger charge is 2.11. The van der Waals surface area contributed by atoms with E-state index in [1.807, 2.05) is 54.6 Å². The van der Waals surface area contributed by atoms with Gasteiger partial charge in [-0.3, -0.25) is 0 Å². The molecule has 25 heavy (non-hydrogen) atoms. The van der Waals surface area contributed by atoms with E-state index in [0.29, 0.717) is 27.9 Å². The summed E-state index contributed by atoms with van der Waals surface area (Å²) < 4.78 is 5.82. The number of aromatic amines is 1. The molecule has 0 saturated carbocycles. The van der Waals surface area contributed by atoms with Crippen LogP contribution in [0.25, 0.3) is 34.0 Å². The van der Waals surface area contributed by atoms with Gasteiger partial charge in [-0.1, -0.05) is 35.9 Å². The lowest BCUT2D eigenvalue weighted by molar-refractivity contribution is 0.572. The maximum Gasteiger partial charge on any atom is 0.149 e. The molecule has 0 aliphatic heterocycles. The number of allylic oxidation sites excluding steroid dienone is 1. The maximum atomic E-state index is 9.49. The topological polar surface area (TPSA) is 65.6 Å². The number of halogens is 1. The van der Waals surface area contributed by atoms with Gasteiger partial charge in [-0.2, -0.15) is 5.26 Å². The van der Waals surface area contributed by atoms with Crippen molar-refractivity contribution in [3.05, 3.63) is 77.3 Å². The first kappa shape index (κ1) is 15.3. The normalized spacial score (nSPS) is 11.6. The summed E-state index contributed by atoms with van der Waals surface area (Å²) in [4.78, 5) is 7.60. The maximum absolute atomic E-state index is 9.49. The van der Waals surface area contributed by atoms with Gasteiger partial charge < -0.3 is 9.40 Å². The number of aromatic nitrogens is 2. The van der Waals surface area contributed by atoms with E-state index >= 15 is 0 Å². The molecule has 120 valence electrons. The quantitative estimate of drug-likeness (QED) is 0.496. The third-order valence-corrected chi connectivity index (χ3v) is 4.15. The summed E-state index contributed by atoms with van der Waals surface area (Å²) in [7, 11) is 0. The molecular formula is C20H12ClN3O. The van der Waals surface area contributed by atoms with Gasteiger partial charge in [-0.25, -0.2) is 4.98 Å². The molecule has 2 aromatic carbocycles. The van der Waals surface area contributed by atoms with Gasteiger partial charge in [0.25, 0.3) is 0 Å². The van der Waals surface area contributed by atoms with Crippen molar-refractivity contribution in [3.8, 4) is 17.4 Å². The van der Waals surface area contributed by atoms with Crippen molar-refractivity contribution in [2.75, 3.05) is 0 Å². The minimum absolute atomic E-state index is 0.399. The number of nitrogens with one attached hydrogen (secondary N) is 1. The number of nitrogens with zero attached hydrogens (tertiary/aromatic N) is 2. The van der Waals surface area contributed by atoms with Crippen molar-refractivity contribution in [3.63, 3.8) is 0 Å². The molecule has 4 rings (SSSR count). The van der Waals surface area contributed by atoms with Crippen LogP contribution in [-0.4, -0.2) is 9.97 Å². The first-order chi connectivity index (χ1) is 12.2. The van der Waals surface area contributed by atoms with Crippen LogP contribution < -0.4 is 0 Å². The molecule has 0 aliphatic rings. The molecule has 0 radical (unpaired) electrons. The highest BCUT2D eigenvalue weighted by atomic mass is 35.5. The number of hydrogen-bond donors (Lipinski definition) is 1. The van der Waals surface area contributed by atoms with E-state index in [2.05, 4.69) is 16.0 Å². The fraction of sp³-hybridized carbons (Fsp3) is 0. The molecule has 4 nitrogen and oxygen atoms in total. The first-order valence-corrected chi connectivity index (χ1v) is 8.04. The average molecular weight is 346 g/mol. The van der Waals surface area contributed by atoms with E-state index in [-0.39, 0.29) is 0 Å². The second-order valence-electron chi connectivity index (χ2n) is 5.45. The van der Waals surface area contributed by atoms with Gasteiger partial charge in [-0.05, 0) is 36.4 Å². The molecule has 5 heteroatoms. The van der Waals surface area contributed by atoms with Crippen molar-refractivity contribution >= 4 is 34.3 Å².